The molecule has 1 fully saturated rings. The Morgan fingerprint density at radius 3 is 3.00 bits per heavy atom. The minimum Gasteiger partial charge on any atom is -0.366 e. The third-order valence-corrected chi connectivity index (χ3v) is 3.30. The molecule has 1 saturated heterocycles. The van der Waals surface area contributed by atoms with Gasteiger partial charge >= 0.3 is 0 Å². The third kappa shape index (κ3) is 2.29. The zero-order chi connectivity index (χ0) is 13.2. The zero-order valence-corrected chi connectivity index (χ0v) is 10.7. The normalized spacial score (nSPS) is 15.0. The van der Waals surface area contributed by atoms with Crippen LogP contribution in [-0.2, 0) is 4.79 Å². The van der Waals surface area contributed by atoms with E-state index in [0.29, 0.717) is 13.0 Å². The van der Waals surface area contributed by atoms with Crippen LogP contribution in [-0.4, -0.2) is 40.9 Å². The van der Waals surface area contributed by atoms with Crippen LogP contribution in [0.4, 0.5) is 17.3 Å². The van der Waals surface area contributed by atoms with Gasteiger partial charge in [-0.15, -0.1) is 0 Å². The molecule has 0 aliphatic carbocycles. The topological polar surface area (TPSA) is 65.1 Å². The molecule has 0 spiro atoms. The van der Waals surface area contributed by atoms with Crippen molar-refractivity contribution in [3.8, 4) is 0 Å². The molecule has 0 atom stereocenters. The molecule has 3 rings (SSSR count). The first kappa shape index (κ1) is 11.7. The molecule has 0 unspecified atom stereocenters. The van der Waals surface area contributed by atoms with Crippen LogP contribution in [0.3, 0.4) is 0 Å². The van der Waals surface area contributed by atoms with Gasteiger partial charge in [-0.25, -0.2) is 9.97 Å². The monoisotopic (exact) mass is 257 g/mol. The van der Waals surface area contributed by atoms with Crippen molar-refractivity contribution in [3.05, 3.63) is 30.9 Å². The number of ketones is 1. The van der Waals surface area contributed by atoms with E-state index in [2.05, 4.69) is 15.0 Å². The highest BCUT2D eigenvalue weighted by Gasteiger charge is 2.21. The lowest BCUT2D eigenvalue weighted by molar-refractivity contribution is -0.116. The summed E-state index contributed by atoms with van der Waals surface area (Å²) in [7, 11) is 1.95. The molecule has 2 aromatic rings. The second-order valence-electron chi connectivity index (χ2n) is 4.57. The van der Waals surface area contributed by atoms with Gasteiger partial charge in [0, 0.05) is 38.5 Å². The van der Waals surface area contributed by atoms with Crippen LogP contribution in [0.25, 0.3) is 0 Å². The average molecular weight is 257 g/mol. The molecule has 0 aromatic carbocycles. The Labute approximate surface area is 111 Å². The highest BCUT2D eigenvalue weighted by molar-refractivity contribution is 5.86. The van der Waals surface area contributed by atoms with Crippen LogP contribution in [0.5, 0.6) is 0 Å². The van der Waals surface area contributed by atoms with Crippen LogP contribution in [0.15, 0.2) is 30.9 Å². The Morgan fingerprint density at radius 1 is 1.42 bits per heavy atom. The fourth-order valence-corrected chi connectivity index (χ4v) is 2.18. The standard InChI is InChI=1S/C13H15N5O/c1-17(10-2-4-14-7-10)12-6-13(16-9-15-12)18-5-3-11(19)8-18/h2,4,6-7,9,14H,3,5,8H2,1H3. The van der Waals surface area contributed by atoms with Crippen molar-refractivity contribution in [1.82, 2.24) is 15.0 Å². The number of carbonyl (C=O) groups is 1. The molecule has 0 saturated carbocycles. The van der Waals surface area contributed by atoms with Gasteiger partial charge in [0.15, 0.2) is 5.78 Å². The quantitative estimate of drug-likeness (QED) is 0.899. The van der Waals surface area contributed by atoms with Crippen molar-refractivity contribution in [1.29, 1.82) is 0 Å². The molecule has 3 heterocycles. The molecule has 2 aromatic heterocycles. The Bertz CT molecular complexity index is 580. The minimum absolute atomic E-state index is 0.263. The summed E-state index contributed by atoms with van der Waals surface area (Å²) in [5.41, 5.74) is 1.03. The molecule has 1 N–H and O–H groups in total. The van der Waals surface area contributed by atoms with Crippen LogP contribution >= 0.6 is 0 Å². The van der Waals surface area contributed by atoms with Gasteiger partial charge in [-0.2, -0.15) is 0 Å². The number of rotatable bonds is 3. The Morgan fingerprint density at radius 2 is 2.32 bits per heavy atom. The van der Waals surface area contributed by atoms with Gasteiger partial charge < -0.3 is 14.8 Å². The number of Topliss-reactive ketones (excluding diaryl/α,β-unsaturated/α-hetero) is 1. The van der Waals surface area contributed by atoms with Gasteiger partial charge in [-0.05, 0) is 6.07 Å². The van der Waals surface area contributed by atoms with E-state index in [4.69, 9.17) is 0 Å². The van der Waals surface area contributed by atoms with Crippen LogP contribution in [0, 0.1) is 0 Å². The minimum atomic E-state index is 0.263. The summed E-state index contributed by atoms with van der Waals surface area (Å²) in [5, 5.41) is 0. The van der Waals surface area contributed by atoms with E-state index in [1.165, 1.54) is 6.33 Å². The molecule has 19 heavy (non-hydrogen) atoms. The average Bonchev–Trinajstić information content (AvgIpc) is 3.09. The molecule has 6 nitrogen and oxygen atoms in total. The van der Waals surface area contributed by atoms with E-state index >= 15 is 0 Å². The fourth-order valence-electron chi connectivity index (χ4n) is 2.18. The van der Waals surface area contributed by atoms with Crippen LogP contribution in [0.1, 0.15) is 6.42 Å². The van der Waals surface area contributed by atoms with Gasteiger partial charge in [-0.1, -0.05) is 0 Å². The maximum absolute atomic E-state index is 11.3. The highest BCUT2D eigenvalue weighted by atomic mass is 16.1. The van der Waals surface area contributed by atoms with Crippen molar-refractivity contribution >= 4 is 23.1 Å². The van der Waals surface area contributed by atoms with Gasteiger partial charge in [-0.3, -0.25) is 4.79 Å². The van der Waals surface area contributed by atoms with Crippen molar-refractivity contribution in [2.75, 3.05) is 29.9 Å². The van der Waals surface area contributed by atoms with Gasteiger partial charge in [0.2, 0.25) is 0 Å². The lowest BCUT2D eigenvalue weighted by Gasteiger charge is -2.20. The summed E-state index contributed by atoms with van der Waals surface area (Å²) >= 11 is 0. The molecule has 1 aliphatic rings. The molecule has 1 aliphatic heterocycles. The summed E-state index contributed by atoms with van der Waals surface area (Å²) in [6.07, 6.45) is 5.91. The van der Waals surface area contributed by atoms with Crippen molar-refractivity contribution in [2.45, 2.75) is 6.42 Å². The number of carbonyl (C=O) groups excluding carboxylic acids is 1. The molecule has 0 radical (unpaired) electrons. The van der Waals surface area contributed by atoms with E-state index in [1.807, 2.05) is 41.4 Å². The second kappa shape index (κ2) is 4.72. The number of aromatic amines is 1. The Hall–Kier alpha value is -2.37. The summed E-state index contributed by atoms with van der Waals surface area (Å²) < 4.78 is 0. The van der Waals surface area contributed by atoms with Gasteiger partial charge in [0.1, 0.15) is 18.0 Å². The van der Waals surface area contributed by atoms with Crippen molar-refractivity contribution < 1.29 is 4.79 Å². The predicted molar refractivity (Wildman–Crippen MR) is 72.7 cm³/mol. The largest absolute Gasteiger partial charge is 0.366 e. The summed E-state index contributed by atoms with van der Waals surface area (Å²) in [6.45, 7) is 1.19. The third-order valence-electron chi connectivity index (χ3n) is 3.30. The Kier molecular flexibility index (Phi) is 2.91. The smallest absolute Gasteiger partial charge is 0.153 e. The molecular weight excluding hydrogens is 242 g/mol. The number of hydrogen-bond donors (Lipinski definition) is 1. The molecule has 0 bridgehead atoms. The molecule has 0 amide bonds. The number of aromatic nitrogens is 3. The fraction of sp³-hybridized carbons (Fsp3) is 0.308. The first-order valence-corrected chi connectivity index (χ1v) is 6.19. The lowest BCUT2D eigenvalue weighted by atomic mass is 10.4. The number of anilines is 3. The summed E-state index contributed by atoms with van der Waals surface area (Å²) in [5.74, 6) is 1.88. The second-order valence-corrected chi connectivity index (χ2v) is 4.57. The summed E-state index contributed by atoms with van der Waals surface area (Å²) in [4.78, 5) is 26.8. The van der Waals surface area contributed by atoms with E-state index in [-0.39, 0.29) is 5.78 Å². The van der Waals surface area contributed by atoms with Gasteiger partial charge in [0.05, 0.1) is 12.2 Å². The highest BCUT2D eigenvalue weighted by Crippen LogP contribution is 2.24. The van der Waals surface area contributed by atoms with E-state index in [0.717, 1.165) is 23.9 Å². The van der Waals surface area contributed by atoms with Crippen molar-refractivity contribution in [2.24, 2.45) is 0 Å². The number of nitrogens with zero attached hydrogens (tertiary/aromatic N) is 4. The van der Waals surface area contributed by atoms with Crippen LogP contribution in [0.2, 0.25) is 0 Å². The van der Waals surface area contributed by atoms with Crippen LogP contribution < -0.4 is 9.80 Å². The lowest BCUT2D eigenvalue weighted by Crippen LogP contribution is -2.21. The molecule has 6 heteroatoms. The maximum Gasteiger partial charge on any atom is 0.153 e. The van der Waals surface area contributed by atoms with Gasteiger partial charge in [0.25, 0.3) is 0 Å². The molecule has 98 valence electrons. The van der Waals surface area contributed by atoms with E-state index < -0.39 is 0 Å². The van der Waals surface area contributed by atoms with E-state index in [1.54, 1.807) is 0 Å². The number of nitrogens with one attached hydrogen (secondary N) is 1. The summed E-state index contributed by atoms with van der Waals surface area (Å²) in [6, 6.07) is 3.88. The maximum atomic E-state index is 11.3. The number of H-pyrrole nitrogens is 1. The first-order chi connectivity index (χ1) is 9.24. The predicted octanol–water partition coefficient (Wildman–Crippen LogP) is 1.35. The van der Waals surface area contributed by atoms with E-state index in [9.17, 15) is 4.79 Å². The molecular formula is C13H15N5O. The first-order valence-electron chi connectivity index (χ1n) is 6.19. The Balaban J connectivity index is 1.85. The SMILES string of the molecule is CN(c1cc[nH]c1)c1cc(N2CCC(=O)C2)ncn1. The number of hydrogen-bond acceptors (Lipinski definition) is 5. The zero-order valence-electron chi connectivity index (χ0n) is 10.7. The van der Waals surface area contributed by atoms with Crippen molar-refractivity contribution in [3.63, 3.8) is 0 Å².